The summed E-state index contributed by atoms with van der Waals surface area (Å²) in [5.41, 5.74) is 8.01. The van der Waals surface area contributed by atoms with Crippen LogP contribution in [0.5, 0.6) is 0 Å². The van der Waals surface area contributed by atoms with Crippen LogP contribution in [0.4, 0.5) is 0 Å². The quantitative estimate of drug-likeness (QED) is 0.335. The van der Waals surface area contributed by atoms with E-state index in [4.69, 9.17) is 5.53 Å². The summed E-state index contributed by atoms with van der Waals surface area (Å²) in [6, 6.07) is 0. The van der Waals surface area contributed by atoms with E-state index in [1.54, 1.807) is 4.90 Å². The van der Waals surface area contributed by atoms with Crippen molar-refractivity contribution in [2.75, 3.05) is 13.1 Å². The number of hydrogen-bond donors (Lipinski definition) is 0. The van der Waals surface area contributed by atoms with Crippen molar-refractivity contribution in [3.8, 4) is 0 Å². The average molecular weight is 280 g/mol. The first-order valence-electron chi connectivity index (χ1n) is 7.09. The summed E-state index contributed by atoms with van der Waals surface area (Å²) in [6.07, 6.45) is 1.54. The maximum atomic E-state index is 12.0. The van der Waals surface area contributed by atoms with Crippen molar-refractivity contribution < 1.29 is 9.59 Å². The molecule has 1 saturated heterocycles. The Morgan fingerprint density at radius 3 is 2.65 bits per heavy atom. The Morgan fingerprint density at radius 2 is 2.10 bits per heavy atom. The van der Waals surface area contributed by atoms with Crippen LogP contribution in [0.3, 0.4) is 0 Å². The molecule has 6 nitrogen and oxygen atoms in total. The van der Waals surface area contributed by atoms with Crippen molar-refractivity contribution >= 4 is 11.7 Å². The fourth-order valence-electron chi connectivity index (χ4n) is 2.59. The minimum absolute atomic E-state index is 0.0189. The van der Waals surface area contributed by atoms with E-state index in [0.29, 0.717) is 19.0 Å². The number of amides is 1. The Labute approximate surface area is 120 Å². The van der Waals surface area contributed by atoms with Crippen molar-refractivity contribution in [2.24, 2.45) is 17.0 Å². The molecule has 1 fully saturated rings. The summed E-state index contributed by atoms with van der Waals surface area (Å²) in [4.78, 5) is 28.5. The zero-order chi connectivity index (χ0) is 15.3. The Hall–Kier alpha value is -1.55. The van der Waals surface area contributed by atoms with Gasteiger partial charge in [-0.1, -0.05) is 12.0 Å². The molecule has 112 valence electrons. The summed E-state index contributed by atoms with van der Waals surface area (Å²) in [5, 5.41) is 3.52. The van der Waals surface area contributed by atoms with Gasteiger partial charge in [0.2, 0.25) is 5.91 Å². The molecule has 1 aliphatic rings. The molecule has 0 aromatic carbocycles. The second kappa shape index (κ2) is 6.75. The molecule has 0 saturated carbocycles. The number of azide groups is 1. The first-order valence-corrected chi connectivity index (χ1v) is 7.09. The minimum atomic E-state index is -0.246. The fourth-order valence-corrected chi connectivity index (χ4v) is 2.59. The van der Waals surface area contributed by atoms with Gasteiger partial charge in [-0.15, -0.1) is 0 Å². The lowest BCUT2D eigenvalue weighted by molar-refractivity contribution is -0.147. The number of ketones is 1. The van der Waals surface area contributed by atoms with Crippen LogP contribution in [-0.2, 0) is 9.59 Å². The highest BCUT2D eigenvalue weighted by atomic mass is 16.2. The van der Waals surface area contributed by atoms with Crippen molar-refractivity contribution in [1.82, 2.24) is 4.90 Å². The molecule has 0 radical (unpaired) electrons. The fraction of sp³-hybridized carbons (Fsp3) is 0.857. The molecular weight excluding hydrogens is 256 g/mol. The van der Waals surface area contributed by atoms with Gasteiger partial charge in [-0.3, -0.25) is 9.59 Å². The van der Waals surface area contributed by atoms with Gasteiger partial charge < -0.3 is 4.90 Å². The van der Waals surface area contributed by atoms with E-state index in [1.165, 1.54) is 0 Å². The SMILES string of the molecule is CC(CCN=[N+]=[N-])C[C@@H]1CN(C(C)(C)C)C(=O)CC1=O. The van der Waals surface area contributed by atoms with Crippen LogP contribution in [0.1, 0.15) is 47.0 Å². The van der Waals surface area contributed by atoms with Crippen LogP contribution in [-0.4, -0.2) is 35.2 Å². The predicted octanol–water partition coefficient (Wildman–Crippen LogP) is 2.93. The number of rotatable bonds is 5. The van der Waals surface area contributed by atoms with Gasteiger partial charge in [-0.25, -0.2) is 0 Å². The molecule has 2 atom stereocenters. The monoisotopic (exact) mass is 280 g/mol. The van der Waals surface area contributed by atoms with E-state index in [9.17, 15) is 9.59 Å². The third kappa shape index (κ3) is 4.53. The van der Waals surface area contributed by atoms with Crippen LogP contribution in [0.15, 0.2) is 5.11 Å². The molecule has 1 amide bonds. The Morgan fingerprint density at radius 1 is 1.45 bits per heavy atom. The second-order valence-electron chi connectivity index (χ2n) is 6.60. The van der Waals surface area contributed by atoms with E-state index < -0.39 is 0 Å². The molecule has 1 heterocycles. The van der Waals surface area contributed by atoms with E-state index in [0.717, 1.165) is 12.8 Å². The van der Waals surface area contributed by atoms with Gasteiger partial charge in [0.15, 0.2) is 0 Å². The van der Waals surface area contributed by atoms with Crippen molar-refractivity contribution in [3.05, 3.63) is 10.4 Å². The minimum Gasteiger partial charge on any atom is -0.337 e. The number of nitrogens with zero attached hydrogens (tertiary/aromatic N) is 4. The largest absolute Gasteiger partial charge is 0.337 e. The van der Waals surface area contributed by atoms with Gasteiger partial charge in [0.25, 0.3) is 0 Å². The molecule has 1 unspecified atom stereocenters. The molecule has 0 bridgehead atoms. The molecule has 1 rings (SSSR count). The van der Waals surface area contributed by atoms with Crippen LogP contribution in [0, 0.1) is 11.8 Å². The smallest absolute Gasteiger partial charge is 0.230 e. The highest BCUT2D eigenvalue weighted by molar-refractivity contribution is 6.01. The van der Waals surface area contributed by atoms with Gasteiger partial charge >= 0.3 is 0 Å². The van der Waals surface area contributed by atoms with Crippen molar-refractivity contribution in [1.29, 1.82) is 0 Å². The van der Waals surface area contributed by atoms with Crippen LogP contribution in [0.2, 0.25) is 0 Å². The van der Waals surface area contributed by atoms with Crippen LogP contribution in [0.25, 0.3) is 10.4 Å². The molecule has 0 aliphatic carbocycles. The highest BCUT2D eigenvalue weighted by Crippen LogP contribution is 2.27. The molecule has 0 N–H and O–H groups in total. The first kappa shape index (κ1) is 16.5. The molecule has 1 aliphatic heterocycles. The van der Waals surface area contributed by atoms with Gasteiger partial charge in [-0.05, 0) is 45.1 Å². The summed E-state index contributed by atoms with van der Waals surface area (Å²) < 4.78 is 0. The Balaban J connectivity index is 2.62. The average Bonchev–Trinajstić information content (AvgIpc) is 2.31. The molecule has 0 aromatic rings. The van der Waals surface area contributed by atoms with Crippen LogP contribution < -0.4 is 0 Å². The lowest BCUT2D eigenvalue weighted by Gasteiger charge is -2.41. The molecule has 0 spiro atoms. The highest BCUT2D eigenvalue weighted by Gasteiger charge is 2.37. The van der Waals surface area contributed by atoms with E-state index in [-0.39, 0.29) is 29.6 Å². The lowest BCUT2D eigenvalue weighted by atomic mass is 9.84. The zero-order valence-electron chi connectivity index (χ0n) is 12.8. The van der Waals surface area contributed by atoms with E-state index >= 15 is 0 Å². The summed E-state index contributed by atoms with van der Waals surface area (Å²) in [6.45, 7) is 8.99. The van der Waals surface area contributed by atoms with E-state index in [2.05, 4.69) is 16.9 Å². The van der Waals surface area contributed by atoms with E-state index in [1.807, 2.05) is 20.8 Å². The lowest BCUT2D eigenvalue weighted by Crippen LogP contribution is -2.53. The molecular formula is C14H24N4O2. The van der Waals surface area contributed by atoms with Gasteiger partial charge in [0.1, 0.15) is 5.78 Å². The predicted molar refractivity (Wildman–Crippen MR) is 77.0 cm³/mol. The Kier molecular flexibility index (Phi) is 5.57. The molecule has 20 heavy (non-hydrogen) atoms. The maximum Gasteiger partial charge on any atom is 0.230 e. The summed E-state index contributed by atoms with van der Waals surface area (Å²) >= 11 is 0. The van der Waals surface area contributed by atoms with Gasteiger partial charge in [-0.2, -0.15) is 0 Å². The van der Waals surface area contributed by atoms with Crippen molar-refractivity contribution in [3.63, 3.8) is 0 Å². The standard InChI is InChI=1S/C14H24N4O2/c1-10(5-6-16-17-15)7-11-9-18(14(2,3)4)13(20)8-12(11)19/h10-11H,5-9H2,1-4H3/t10?,11-/m1/s1. The third-order valence-corrected chi connectivity index (χ3v) is 3.77. The van der Waals surface area contributed by atoms with Crippen LogP contribution >= 0.6 is 0 Å². The van der Waals surface area contributed by atoms with Gasteiger partial charge in [0, 0.05) is 29.5 Å². The summed E-state index contributed by atoms with van der Waals surface area (Å²) in [5.74, 6) is 0.198. The first-order chi connectivity index (χ1) is 9.25. The number of piperidine rings is 1. The molecule has 0 aromatic heterocycles. The Bertz CT molecular complexity index is 421. The van der Waals surface area contributed by atoms with Crippen molar-refractivity contribution in [2.45, 2.75) is 52.5 Å². The summed E-state index contributed by atoms with van der Waals surface area (Å²) in [7, 11) is 0. The maximum absolute atomic E-state index is 12.0. The van der Waals surface area contributed by atoms with Gasteiger partial charge in [0.05, 0.1) is 6.42 Å². The third-order valence-electron chi connectivity index (χ3n) is 3.77. The second-order valence-corrected chi connectivity index (χ2v) is 6.60. The number of Topliss-reactive ketones (excluding diaryl/α,β-unsaturated/α-hetero) is 1. The number of hydrogen-bond acceptors (Lipinski definition) is 3. The number of carbonyl (C=O) groups is 2. The topological polar surface area (TPSA) is 86.1 Å². The number of carbonyl (C=O) groups excluding carboxylic acids is 2. The number of likely N-dealkylation sites (tertiary alicyclic amines) is 1. The normalized spacial score (nSPS) is 21.6. The molecule has 6 heteroatoms. The zero-order valence-corrected chi connectivity index (χ0v) is 12.8.